The molecule has 0 radical (unpaired) electrons. The van der Waals surface area contributed by atoms with E-state index in [4.69, 9.17) is 0 Å². The van der Waals surface area contributed by atoms with Crippen LogP contribution in [-0.2, 0) is 11.2 Å². The van der Waals surface area contributed by atoms with Crippen molar-refractivity contribution in [3.63, 3.8) is 0 Å². The first-order chi connectivity index (χ1) is 7.24. The van der Waals surface area contributed by atoms with Gasteiger partial charge >= 0.3 is 51.4 Å². The van der Waals surface area contributed by atoms with E-state index in [1.54, 1.807) is 5.38 Å². The van der Waals surface area contributed by atoms with Gasteiger partial charge in [0.25, 0.3) is 0 Å². The molecule has 0 spiro atoms. The number of rotatable bonds is 6. The van der Waals surface area contributed by atoms with Crippen LogP contribution in [0.1, 0.15) is 25.0 Å². The fourth-order valence-corrected chi connectivity index (χ4v) is 2.15. The number of carboxylic acids is 1. The van der Waals surface area contributed by atoms with Crippen LogP contribution >= 0.6 is 11.3 Å². The van der Waals surface area contributed by atoms with E-state index in [1.807, 2.05) is 0 Å². The SMILES string of the molecule is O=C([O-])Cc1csc(NCCC2CC2)n1.[K+]. The van der Waals surface area contributed by atoms with Crippen LogP contribution < -0.4 is 61.8 Å². The van der Waals surface area contributed by atoms with Crippen LogP contribution in [0.4, 0.5) is 5.13 Å². The molecule has 0 aliphatic heterocycles. The van der Waals surface area contributed by atoms with Crippen molar-refractivity contribution in [2.45, 2.75) is 25.7 Å². The number of aromatic nitrogens is 1. The Morgan fingerprint density at radius 1 is 1.62 bits per heavy atom. The average molecular weight is 264 g/mol. The van der Waals surface area contributed by atoms with E-state index >= 15 is 0 Å². The van der Waals surface area contributed by atoms with Crippen LogP contribution in [0.25, 0.3) is 0 Å². The van der Waals surface area contributed by atoms with E-state index in [2.05, 4.69) is 10.3 Å². The van der Waals surface area contributed by atoms with Crippen molar-refractivity contribution in [2.24, 2.45) is 5.92 Å². The Kier molecular flexibility index (Phi) is 6.46. The standard InChI is InChI=1S/C10H14N2O2S.K/c13-9(14)5-8-6-15-10(12-8)11-4-3-7-1-2-7;/h6-7H,1-5H2,(H,11,12)(H,13,14);/q;+1/p-1. The monoisotopic (exact) mass is 264 g/mol. The maximum absolute atomic E-state index is 10.3. The number of thiazole rings is 1. The summed E-state index contributed by atoms with van der Waals surface area (Å²) >= 11 is 1.45. The number of nitrogens with zero attached hydrogens (tertiary/aromatic N) is 1. The number of carboxylic acid groups (broad SMARTS) is 1. The van der Waals surface area contributed by atoms with E-state index in [9.17, 15) is 9.90 Å². The van der Waals surface area contributed by atoms with Gasteiger partial charge in [0.1, 0.15) is 0 Å². The minimum atomic E-state index is -1.08. The zero-order valence-electron chi connectivity index (χ0n) is 9.36. The summed E-state index contributed by atoms with van der Waals surface area (Å²) < 4.78 is 0. The maximum Gasteiger partial charge on any atom is 1.00 e. The molecule has 1 aromatic rings. The Morgan fingerprint density at radius 3 is 3.00 bits per heavy atom. The molecular formula is C10H13KN2O2S. The van der Waals surface area contributed by atoms with Gasteiger partial charge in [0.15, 0.2) is 5.13 Å². The second kappa shape index (κ2) is 7.08. The third kappa shape index (κ3) is 5.24. The predicted molar refractivity (Wildman–Crippen MR) is 56.7 cm³/mol. The first-order valence-corrected chi connectivity index (χ1v) is 6.00. The molecule has 1 heterocycles. The van der Waals surface area contributed by atoms with Gasteiger partial charge in [-0.3, -0.25) is 0 Å². The quantitative estimate of drug-likeness (QED) is 0.585. The Bertz CT molecular complexity index is 352. The van der Waals surface area contributed by atoms with Gasteiger partial charge in [-0.15, -0.1) is 11.3 Å². The normalized spacial score (nSPS) is 14.2. The molecule has 2 rings (SSSR count). The molecule has 6 heteroatoms. The topological polar surface area (TPSA) is 65.0 Å². The summed E-state index contributed by atoms with van der Waals surface area (Å²) in [5.41, 5.74) is 0.578. The molecule has 16 heavy (non-hydrogen) atoms. The van der Waals surface area contributed by atoms with Gasteiger partial charge in [-0.05, 0) is 12.3 Å². The Balaban J connectivity index is 0.00000128. The summed E-state index contributed by atoms with van der Waals surface area (Å²) in [6.07, 6.45) is 3.81. The van der Waals surface area contributed by atoms with E-state index in [1.165, 1.54) is 30.6 Å². The third-order valence-electron chi connectivity index (χ3n) is 2.40. The van der Waals surface area contributed by atoms with Gasteiger partial charge < -0.3 is 15.2 Å². The number of carbonyl (C=O) groups is 1. The third-order valence-corrected chi connectivity index (χ3v) is 3.25. The number of nitrogens with one attached hydrogen (secondary N) is 1. The van der Waals surface area contributed by atoms with Crippen molar-refractivity contribution in [3.05, 3.63) is 11.1 Å². The van der Waals surface area contributed by atoms with E-state index in [-0.39, 0.29) is 57.8 Å². The van der Waals surface area contributed by atoms with Crippen LogP contribution in [0.15, 0.2) is 5.38 Å². The summed E-state index contributed by atoms with van der Waals surface area (Å²) in [7, 11) is 0. The van der Waals surface area contributed by atoms with Gasteiger partial charge in [-0.25, -0.2) is 4.98 Å². The van der Waals surface area contributed by atoms with Crippen molar-refractivity contribution < 1.29 is 61.3 Å². The second-order valence-electron chi connectivity index (χ2n) is 3.85. The van der Waals surface area contributed by atoms with Crippen LogP contribution in [0.5, 0.6) is 0 Å². The number of hydrogen-bond donors (Lipinski definition) is 1. The fraction of sp³-hybridized carbons (Fsp3) is 0.600. The van der Waals surface area contributed by atoms with Gasteiger partial charge in [-0.2, -0.15) is 0 Å². The molecule has 0 unspecified atom stereocenters. The number of carbonyl (C=O) groups excluding carboxylic acids is 1. The molecule has 1 saturated carbocycles. The molecule has 0 aromatic carbocycles. The zero-order valence-corrected chi connectivity index (χ0v) is 13.3. The first kappa shape index (κ1) is 14.6. The Morgan fingerprint density at radius 2 is 2.38 bits per heavy atom. The molecule has 82 valence electrons. The van der Waals surface area contributed by atoms with Crippen LogP contribution in [0, 0.1) is 5.92 Å². The minimum Gasteiger partial charge on any atom is -0.550 e. The fourth-order valence-electron chi connectivity index (χ4n) is 1.41. The molecule has 0 bridgehead atoms. The summed E-state index contributed by atoms with van der Waals surface area (Å²) in [6.45, 7) is 0.933. The van der Waals surface area contributed by atoms with Gasteiger partial charge in [0.05, 0.1) is 5.69 Å². The first-order valence-electron chi connectivity index (χ1n) is 5.12. The molecular weight excluding hydrogens is 251 g/mol. The molecule has 4 nitrogen and oxygen atoms in total. The van der Waals surface area contributed by atoms with Crippen molar-refractivity contribution in [1.29, 1.82) is 0 Å². The predicted octanol–water partition coefficient (Wildman–Crippen LogP) is -2.35. The summed E-state index contributed by atoms with van der Waals surface area (Å²) in [6, 6.07) is 0. The molecule has 0 amide bonds. The molecule has 0 atom stereocenters. The zero-order chi connectivity index (χ0) is 10.7. The van der Waals surface area contributed by atoms with Crippen molar-refractivity contribution in [1.82, 2.24) is 4.98 Å². The van der Waals surface area contributed by atoms with Crippen molar-refractivity contribution in [2.75, 3.05) is 11.9 Å². The van der Waals surface area contributed by atoms with Crippen molar-refractivity contribution in [3.8, 4) is 0 Å². The maximum atomic E-state index is 10.3. The van der Waals surface area contributed by atoms with Gasteiger partial charge in [0, 0.05) is 24.3 Å². The minimum absolute atomic E-state index is 0. The smallest absolute Gasteiger partial charge is 0.550 e. The average Bonchev–Trinajstić information content (AvgIpc) is 2.88. The van der Waals surface area contributed by atoms with Crippen molar-refractivity contribution >= 4 is 22.4 Å². The van der Waals surface area contributed by atoms with Crippen LogP contribution in [0.3, 0.4) is 0 Å². The van der Waals surface area contributed by atoms with Gasteiger partial charge in [0.2, 0.25) is 0 Å². The molecule has 1 N–H and O–H groups in total. The van der Waals surface area contributed by atoms with Crippen LogP contribution in [-0.4, -0.2) is 17.5 Å². The molecule has 1 aromatic heterocycles. The summed E-state index contributed by atoms with van der Waals surface area (Å²) in [5, 5.41) is 16.1. The van der Waals surface area contributed by atoms with Gasteiger partial charge in [-0.1, -0.05) is 12.8 Å². The summed E-state index contributed by atoms with van der Waals surface area (Å²) in [4.78, 5) is 14.5. The molecule has 1 aliphatic rings. The van der Waals surface area contributed by atoms with Crippen LogP contribution in [0.2, 0.25) is 0 Å². The number of anilines is 1. The summed E-state index contributed by atoms with van der Waals surface area (Å²) in [5.74, 6) is -0.176. The van der Waals surface area contributed by atoms with E-state index in [0.717, 1.165) is 17.6 Å². The molecule has 1 aliphatic carbocycles. The largest absolute Gasteiger partial charge is 1.00 e. The second-order valence-corrected chi connectivity index (χ2v) is 4.71. The number of hydrogen-bond acceptors (Lipinski definition) is 5. The molecule has 0 saturated heterocycles. The van der Waals surface area contributed by atoms with E-state index < -0.39 is 5.97 Å². The Hall–Kier alpha value is 0.536. The van der Waals surface area contributed by atoms with E-state index in [0.29, 0.717) is 5.69 Å². The molecule has 1 fully saturated rings. The number of aliphatic carboxylic acids is 1. The Labute approximate surface area is 141 Å².